The van der Waals surface area contributed by atoms with Crippen LogP contribution in [-0.4, -0.2) is 39.9 Å². The molecule has 22 heavy (non-hydrogen) atoms. The maximum absolute atomic E-state index is 12.7. The summed E-state index contributed by atoms with van der Waals surface area (Å²) in [6.07, 6.45) is 2.02. The Morgan fingerprint density at radius 1 is 1.18 bits per heavy atom. The highest BCUT2D eigenvalue weighted by molar-refractivity contribution is 5.96. The number of nitrogens with zero attached hydrogens (tertiary/aromatic N) is 3. The summed E-state index contributed by atoms with van der Waals surface area (Å²) >= 11 is 0. The van der Waals surface area contributed by atoms with Gasteiger partial charge in [0.1, 0.15) is 0 Å². The zero-order chi connectivity index (χ0) is 16.7. The van der Waals surface area contributed by atoms with Gasteiger partial charge in [0, 0.05) is 37.8 Å². The Morgan fingerprint density at radius 2 is 1.82 bits per heavy atom. The van der Waals surface area contributed by atoms with E-state index in [1.807, 2.05) is 33.8 Å². The smallest absolute Gasteiger partial charge is 0.314 e. The van der Waals surface area contributed by atoms with Crippen molar-refractivity contribution in [2.75, 3.05) is 13.6 Å². The Hall–Kier alpha value is -2.11. The number of amides is 3. The monoisotopic (exact) mass is 305 g/mol. The summed E-state index contributed by atoms with van der Waals surface area (Å²) in [5.74, 6) is -0.190. The Bertz CT molecular complexity index is 661. The van der Waals surface area contributed by atoms with Crippen molar-refractivity contribution in [2.45, 2.75) is 45.7 Å². The third kappa shape index (κ3) is 2.53. The van der Waals surface area contributed by atoms with Gasteiger partial charge in [-0.3, -0.25) is 14.5 Å². The standard InChI is InChI=1S/C16H23N3O3/c1-11(2)18-9-6-7-12(14(18)21)16(3,4)19-10-8-13(20)17(5)15(19)22/h6-7,9,11H,8,10H2,1-5H3. The summed E-state index contributed by atoms with van der Waals surface area (Å²) in [5.41, 5.74) is -0.323. The average Bonchev–Trinajstić information content (AvgIpc) is 2.44. The molecule has 0 unspecified atom stereocenters. The summed E-state index contributed by atoms with van der Waals surface area (Å²) in [5, 5.41) is 0. The average molecular weight is 305 g/mol. The fraction of sp³-hybridized carbons (Fsp3) is 0.562. The molecule has 3 amide bonds. The molecule has 1 aliphatic heterocycles. The Labute approximate surface area is 130 Å². The van der Waals surface area contributed by atoms with Crippen LogP contribution in [0.5, 0.6) is 0 Å². The molecule has 0 aliphatic carbocycles. The van der Waals surface area contributed by atoms with Crippen molar-refractivity contribution in [3.05, 3.63) is 34.2 Å². The third-order valence-electron chi connectivity index (χ3n) is 4.31. The molecule has 0 radical (unpaired) electrons. The van der Waals surface area contributed by atoms with Gasteiger partial charge in [0.15, 0.2) is 0 Å². The normalized spacial score (nSPS) is 16.6. The molecule has 0 N–H and O–H groups in total. The highest BCUT2D eigenvalue weighted by Gasteiger charge is 2.40. The molecule has 0 atom stereocenters. The zero-order valence-corrected chi connectivity index (χ0v) is 13.8. The Balaban J connectivity index is 2.47. The molecule has 0 bridgehead atoms. The minimum atomic E-state index is -0.777. The molecule has 2 heterocycles. The van der Waals surface area contributed by atoms with Gasteiger partial charge in [-0.05, 0) is 39.8 Å². The van der Waals surface area contributed by atoms with Crippen LogP contribution in [0.2, 0.25) is 0 Å². The van der Waals surface area contributed by atoms with E-state index in [0.717, 1.165) is 4.90 Å². The molecule has 0 spiro atoms. The maximum Gasteiger partial charge on any atom is 0.327 e. The third-order valence-corrected chi connectivity index (χ3v) is 4.31. The Kier molecular flexibility index (Phi) is 4.13. The van der Waals surface area contributed by atoms with Crippen molar-refractivity contribution in [2.24, 2.45) is 0 Å². The molecule has 0 aromatic carbocycles. The fourth-order valence-corrected chi connectivity index (χ4v) is 2.80. The lowest BCUT2D eigenvalue weighted by molar-refractivity contribution is -0.130. The van der Waals surface area contributed by atoms with E-state index in [2.05, 4.69) is 0 Å². The quantitative estimate of drug-likeness (QED) is 0.857. The summed E-state index contributed by atoms with van der Waals surface area (Å²) in [6, 6.07) is 3.26. The number of carbonyl (C=O) groups is 2. The first-order valence-electron chi connectivity index (χ1n) is 7.47. The molecular formula is C16H23N3O3. The molecule has 1 aromatic heterocycles. The number of hydrogen-bond donors (Lipinski definition) is 0. The molecular weight excluding hydrogens is 282 g/mol. The minimum Gasteiger partial charge on any atom is -0.314 e. The number of aromatic nitrogens is 1. The second-order valence-electron chi connectivity index (χ2n) is 6.42. The molecule has 120 valence electrons. The predicted octanol–water partition coefficient (Wildman–Crippen LogP) is 1.95. The zero-order valence-electron chi connectivity index (χ0n) is 13.8. The summed E-state index contributed by atoms with van der Waals surface area (Å²) in [6.45, 7) is 7.89. The van der Waals surface area contributed by atoms with Gasteiger partial charge < -0.3 is 9.47 Å². The van der Waals surface area contributed by atoms with Gasteiger partial charge in [0.25, 0.3) is 5.56 Å². The minimum absolute atomic E-state index is 0.0459. The number of hydrogen-bond acceptors (Lipinski definition) is 3. The van der Waals surface area contributed by atoms with Gasteiger partial charge in [-0.25, -0.2) is 4.79 Å². The summed E-state index contributed by atoms with van der Waals surface area (Å²) in [7, 11) is 1.48. The van der Waals surface area contributed by atoms with E-state index in [1.54, 1.807) is 21.7 Å². The number of carbonyl (C=O) groups excluding carboxylic acids is 2. The van der Waals surface area contributed by atoms with Gasteiger partial charge in [-0.15, -0.1) is 0 Å². The molecule has 1 fully saturated rings. The van der Waals surface area contributed by atoms with E-state index in [-0.39, 0.29) is 30.0 Å². The first kappa shape index (κ1) is 16.3. The van der Waals surface area contributed by atoms with Crippen molar-refractivity contribution in [3.8, 4) is 0 Å². The van der Waals surface area contributed by atoms with Crippen molar-refractivity contribution in [3.63, 3.8) is 0 Å². The number of imide groups is 1. The lowest BCUT2D eigenvalue weighted by Gasteiger charge is -2.43. The van der Waals surface area contributed by atoms with E-state index < -0.39 is 5.54 Å². The van der Waals surface area contributed by atoms with E-state index in [9.17, 15) is 14.4 Å². The van der Waals surface area contributed by atoms with E-state index in [1.165, 1.54) is 7.05 Å². The van der Waals surface area contributed by atoms with Gasteiger partial charge in [-0.1, -0.05) is 0 Å². The molecule has 0 saturated carbocycles. The van der Waals surface area contributed by atoms with E-state index >= 15 is 0 Å². The molecule has 1 aliphatic rings. The van der Waals surface area contributed by atoms with Crippen LogP contribution in [0, 0.1) is 0 Å². The highest BCUT2D eigenvalue weighted by Crippen LogP contribution is 2.29. The van der Waals surface area contributed by atoms with Gasteiger partial charge in [0.05, 0.1) is 5.54 Å². The van der Waals surface area contributed by atoms with Crippen molar-refractivity contribution >= 4 is 11.9 Å². The van der Waals surface area contributed by atoms with Gasteiger partial charge in [-0.2, -0.15) is 0 Å². The fourth-order valence-electron chi connectivity index (χ4n) is 2.80. The highest BCUT2D eigenvalue weighted by atomic mass is 16.2. The SMILES string of the molecule is CC(C)n1cccc(C(C)(C)N2CCC(=O)N(C)C2=O)c1=O. The molecule has 6 nitrogen and oxygen atoms in total. The van der Waals surface area contributed by atoms with E-state index in [0.29, 0.717) is 12.1 Å². The molecule has 6 heteroatoms. The predicted molar refractivity (Wildman–Crippen MR) is 83.6 cm³/mol. The topological polar surface area (TPSA) is 62.6 Å². The number of rotatable bonds is 3. The second-order valence-corrected chi connectivity index (χ2v) is 6.42. The van der Waals surface area contributed by atoms with Crippen LogP contribution >= 0.6 is 0 Å². The lowest BCUT2D eigenvalue weighted by Crippen LogP contribution is -2.58. The first-order valence-corrected chi connectivity index (χ1v) is 7.47. The van der Waals surface area contributed by atoms with Crippen LogP contribution in [0.3, 0.4) is 0 Å². The lowest BCUT2D eigenvalue weighted by atomic mass is 9.92. The van der Waals surface area contributed by atoms with Crippen LogP contribution in [0.4, 0.5) is 4.79 Å². The van der Waals surface area contributed by atoms with Crippen molar-refractivity contribution < 1.29 is 9.59 Å². The molecule has 1 aromatic rings. The van der Waals surface area contributed by atoms with Crippen LogP contribution < -0.4 is 5.56 Å². The number of urea groups is 1. The summed E-state index contributed by atoms with van der Waals surface area (Å²) < 4.78 is 1.65. The summed E-state index contributed by atoms with van der Waals surface area (Å²) in [4.78, 5) is 39.5. The Morgan fingerprint density at radius 3 is 2.41 bits per heavy atom. The van der Waals surface area contributed by atoms with Crippen LogP contribution in [0.25, 0.3) is 0 Å². The van der Waals surface area contributed by atoms with Gasteiger partial charge >= 0.3 is 6.03 Å². The first-order chi connectivity index (χ1) is 10.2. The van der Waals surface area contributed by atoms with Crippen LogP contribution in [-0.2, 0) is 10.3 Å². The largest absolute Gasteiger partial charge is 0.327 e. The van der Waals surface area contributed by atoms with Crippen molar-refractivity contribution in [1.29, 1.82) is 0 Å². The van der Waals surface area contributed by atoms with Crippen LogP contribution in [0.1, 0.15) is 45.7 Å². The maximum atomic E-state index is 12.7. The van der Waals surface area contributed by atoms with Crippen molar-refractivity contribution in [1.82, 2.24) is 14.4 Å². The van der Waals surface area contributed by atoms with Crippen LogP contribution in [0.15, 0.2) is 23.1 Å². The molecule has 1 saturated heterocycles. The number of pyridine rings is 1. The van der Waals surface area contributed by atoms with Gasteiger partial charge in [0.2, 0.25) is 5.91 Å². The van der Waals surface area contributed by atoms with E-state index in [4.69, 9.17) is 0 Å². The molecule has 2 rings (SSSR count). The second kappa shape index (κ2) is 5.59.